The largest absolute Gasteiger partial charge is 0.439 e. The molecule has 5 nitrogen and oxygen atoms in total. The van der Waals surface area contributed by atoms with Crippen LogP contribution in [0.2, 0.25) is 0 Å². The first-order valence-corrected chi connectivity index (χ1v) is 16.0. The Kier molecular flexibility index (Phi) is 8.46. The molecule has 3 aromatic heterocycles. The van der Waals surface area contributed by atoms with Crippen LogP contribution in [0, 0.1) is 0 Å². The molecular formula is C37H43N3O2. The quantitative estimate of drug-likeness (QED) is 0.100. The lowest BCUT2D eigenvalue weighted by atomic mass is 9.80. The summed E-state index contributed by atoms with van der Waals surface area (Å²) in [6.07, 6.45) is 18.4. The zero-order valence-electron chi connectivity index (χ0n) is 25.1. The molecule has 6 rings (SSSR count). The minimum atomic E-state index is -1.08. The van der Waals surface area contributed by atoms with Gasteiger partial charge in [0, 0.05) is 70.2 Å². The summed E-state index contributed by atoms with van der Waals surface area (Å²) < 4.78 is 11.4. The number of aromatic nitrogens is 3. The number of esters is 1. The number of para-hydroxylation sites is 2. The average Bonchev–Trinajstić information content (AvgIpc) is 3.68. The molecule has 5 heteroatoms. The Morgan fingerprint density at radius 1 is 0.643 bits per heavy atom. The van der Waals surface area contributed by atoms with Crippen LogP contribution in [0.25, 0.3) is 21.8 Å². The maximum atomic E-state index is 13.6. The molecule has 1 aliphatic rings. The van der Waals surface area contributed by atoms with E-state index in [-0.39, 0.29) is 5.97 Å². The number of carbonyl (C=O) groups excluding carboxylic acids is 1. The lowest BCUT2D eigenvalue weighted by molar-refractivity contribution is 0.0256. The molecule has 0 spiro atoms. The van der Waals surface area contributed by atoms with Crippen LogP contribution in [0.1, 0.15) is 105 Å². The summed E-state index contributed by atoms with van der Waals surface area (Å²) in [5.41, 5.74) is 4.53. The van der Waals surface area contributed by atoms with Gasteiger partial charge in [-0.05, 0) is 31.0 Å². The monoisotopic (exact) mass is 561 g/mol. The molecule has 0 N–H and O–H groups in total. The number of hydrogen-bond donors (Lipinski definition) is 0. The zero-order valence-corrected chi connectivity index (χ0v) is 25.1. The summed E-state index contributed by atoms with van der Waals surface area (Å²) in [6.45, 7) is 6.38. The Morgan fingerprint density at radius 2 is 1.17 bits per heavy atom. The molecule has 0 aliphatic carbocycles. The first-order chi connectivity index (χ1) is 20.7. The van der Waals surface area contributed by atoms with Gasteiger partial charge in [-0.2, -0.15) is 0 Å². The summed E-state index contributed by atoms with van der Waals surface area (Å²) in [5.74, 6) is -0.363. The smallest absolute Gasteiger partial charge is 0.358 e. The van der Waals surface area contributed by atoms with Gasteiger partial charge in [0.2, 0.25) is 0 Å². The molecule has 0 amide bonds. The van der Waals surface area contributed by atoms with Crippen LogP contribution in [0.5, 0.6) is 0 Å². The maximum absolute atomic E-state index is 13.6. The van der Waals surface area contributed by atoms with Gasteiger partial charge in [-0.3, -0.25) is 0 Å². The van der Waals surface area contributed by atoms with Crippen LogP contribution in [0.15, 0.2) is 79.3 Å². The van der Waals surface area contributed by atoms with E-state index in [9.17, 15) is 4.79 Å². The standard InChI is InChI=1S/C37H43N3O2/c1-3-5-7-9-15-24-39-26-31(28-18-11-13-21-33(28)39)37(30-20-17-23-38-35(30)36(41)42-37)32-27-40(25-16-10-8-6-4-2)34-22-14-12-19-29(32)34/h11-14,17-23,26-27H,3-10,15-16,24-25H2,1-2H3. The van der Waals surface area contributed by atoms with Crippen LogP contribution >= 0.6 is 0 Å². The first kappa shape index (κ1) is 28.3. The fraction of sp³-hybridized carbons (Fsp3) is 0.405. The number of hydrogen-bond acceptors (Lipinski definition) is 3. The second-order valence-corrected chi connectivity index (χ2v) is 11.8. The van der Waals surface area contributed by atoms with Gasteiger partial charge < -0.3 is 13.9 Å². The van der Waals surface area contributed by atoms with E-state index in [1.54, 1.807) is 6.20 Å². The minimum Gasteiger partial charge on any atom is -0.439 e. The molecule has 42 heavy (non-hydrogen) atoms. The average molecular weight is 562 g/mol. The second-order valence-electron chi connectivity index (χ2n) is 11.8. The summed E-state index contributed by atoms with van der Waals surface area (Å²) in [7, 11) is 0. The minimum absolute atomic E-state index is 0.363. The fourth-order valence-electron chi connectivity index (χ4n) is 6.84. The van der Waals surface area contributed by atoms with Crippen LogP contribution in [-0.4, -0.2) is 20.1 Å². The van der Waals surface area contributed by atoms with Crippen molar-refractivity contribution < 1.29 is 9.53 Å². The lowest BCUT2D eigenvalue weighted by Gasteiger charge is -2.29. The van der Waals surface area contributed by atoms with Gasteiger partial charge >= 0.3 is 5.97 Å². The van der Waals surface area contributed by atoms with E-state index >= 15 is 0 Å². The third-order valence-corrected chi connectivity index (χ3v) is 8.97. The highest BCUT2D eigenvalue weighted by Crippen LogP contribution is 2.51. The molecular weight excluding hydrogens is 518 g/mol. The molecule has 4 heterocycles. The van der Waals surface area contributed by atoms with Gasteiger partial charge in [-0.1, -0.05) is 108 Å². The predicted molar refractivity (Wildman–Crippen MR) is 171 cm³/mol. The van der Waals surface area contributed by atoms with Gasteiger partial charge in [-0.15, -0.1) is 0 Å². The van der Waals surface area contributed by atoms with Crippen molar-refractivity contribution in [3.8, 4) is 0 Å². The van der Waals surface area contributed by atoms with Crippen molar-refractivity contribution in [2.45, 2.75) is 96.7 Å². The van der Waals surface area contributed by atoms with E-state index in [0.717, 1.165) is 53.4 Å². The molecule has 0 saturated carbocycles. The number of unbranched alkanes of at least 4 members (excludes halogenated alkanes) is 8. The van der Waals surface area contributed by atoms with Crippen LogP contribution in [0.3, 0.4) is 0 Å². The van der Waals surface area contributed by atoms with Crippen LogP contribution < -0.4 is 0 Å². The Hall–Kier alpha value is -3.86. The van der Waals surface area contributed by atoms with Gasteiger partial charge in [0.25, 0.3) is 0 Å². The van der Waals surface area contributed by atoms with Crippen molar-refractivity contribution in [1.82, 2.24) is 14.1 Å². The van der Waals surface area contributed by atoms with Crippen molar-refractivity contribution in [3.05, 3.63) is 102 Å². The summed E-state index contributed by atoms with van der Waals surface area (Å²) in [4.78, 5) is 18.1. The van der Waals surface area contributed by atoms with Gasteiger partial charge in [0.15, 0.2) is 11.3 Å². The van der Waals surface area contributed by atoms with Crippen molar-refractivity contribution in [3.63, 3.8) is 0 Å². The number of benzene rings is 2. The Morgan fingerprint density at radius 3 is 1.71 bits per heavy atom. The molecule has 0 bridgehead atoms. The van der Waals surface area contributed by atoms with E-state index in [1.165, 1.54) is 62.4 Å². The summed E-state index contributed by atoms with van der Waals surface area (Å²) in [6, 6.07) is 21.1. The summed E-state index contributed by atoms with van der Waals surface area (Å²) >= 11 is 0. The Balaban J connectivity index is 1.51. The van der Waals surface area contributed by atoms with E-state index in [0.29, 0.717) is 5.69 Å². The molecule has 2 aromatic carbocycles. The van der Waals surface area contributed by atoms with Crippen LogP contribution in [-0.2, 0) is 23.4 Å². The number of ether oxygens (including phenoxy) is 1. The normalized spacial score (nSPS) is 14.1. The molecule has 0 fully saturated rings. The van der Waals surface area contributed by atoms with E-state index < -0.39 is 5.60 Å². The summed E-state index contributed by atoms with van der Waals surface area (Å²) in [5, 5.41) is 2.24. The number of aryl methyl sites for hydroxylation is 2. The topological polar surface area (TPSA) is 49.0 Å². The third-order valence-electron chi connectivity index (χ3n) is 8.97. The van der Waals surface area contributed by atoms with Gasteiger partial charge in [0.05, 0.1) is 0 Å². The third kappa shape index (κ3) is 5.04. The Bertz CT molecular complexity index is 1590. The van der Waals surface area contributed by atoms with Crippen molar-refractivity contribution in [1.29, 1.82) is 0 Å². The SMILES string of the molecule is CCCCCCCn1cc(C2(c3cn(CCCCCCC)c4ccccc34)OC(=O)c3ncccc32)c2ccccc21. The fourth-order valence-corrected chi connectivity index (χ4v) is 6.84. The van der Waals surface area contributed by atoms with Crippen LogP contribution in [0.4, 0.5) is 0 Å². The zero-order chi connectivity index (χ0) is 28.9. The van der Waals surface area contributed by atoms with Gasteiger partial charge in [0.1, 0.15) is 0 Å². The second kappa shape index (κ2) is 12.6. The van der Waals surface area contributed by atoms with Crippen molar-refractivity contribution in [2.75, 3.05) is 0 Å². The van der Waals surface area contributed by atoms with Crippen molar-refractivity contribution in [2.24, 2.45) is 0 Å². The number of nitrogens with zero attached hydrogens (tertiary/aromatic N) is 3. The first-order valence-electron chi connectivity index (χ1n) is 16.0. The Labute approximate surface area is 249 Å². The van der Waals surface area contributed by atoms with E-state index in [4.69, 9.17) is 4.74 Å². The lowest BCUT2D eigenvalue weighted by Crippen LogP contribution is -2.29. The highest BCUT2D eigenvalue weighted by molar-refractivity contribution is 5.99. The molecule has 0 atom stereocenters. The molecule has 5 aromatic rings. The predicted octanol–water partition coefficient (Wildman–Crippen LogP) is 9.39. The van der Waals surface area contributed by atoms with E-state index in [2.05, 4.69) is 88.9 Å². The number of pyridine rings is 1. The highest BCUT2D eigenvalue weighted by Gasteiger charge is 2.52. The molecule has 1 aliphatic heterocycles. The maximum Gasteiger partial charge on any atom is 0.358 e. The number of fused-ring (bicyclic) bond motifs is 3. The number of rotatable bonds is 14. The van der Waals surface area contributed by atoms with E-state index in [1.807, 2.05) is 12.1 Å². The highest BCUT2D eigenvalue weighted by atomic mass is 16.6. The van der Waals surface area contributed by atoms with Gasteiger partial charge in [-0.25, -0.2) is 9.78 Å². The molecule has 0 unspecified atom stereocenters. The number of cyclic esters (lactones) is 1. The van der Waals surface area contributed by atoms with Crippen molar-refractivity contribution >= 4 is 27.8 Å². The molecule has 0 radical (unpaired) electrons. The molecule has 218 valence electrons. The molecule has 0 saturated heterocycles. The number of carbonyl (C=O) groups is 1.